The molecule has 0 spiro atoms. The molecule has 12 heavy (non-hydrogen) atoms. The lowest BCUT2D eigenvalue weighted by Crippen LogP contribution is -1.87. The van der Waals surface area contributed by atoms with Crippen molar-refractivity contribution in [3.05, 3.63) is 29.3 Å². The van der Waals surface area contributed by atoms with Crippen LogP contribution in [0.25, 0.3) is 0 Å². The molecule has 0 N–H and O–H groups in total. The van der Waals surface area contributed by atoms with E-state index in [0.29, 0.717) is 5.25 Å². The summed E-state index contributed by atoms with van der Waals surface area (Å²) in [6.07, 6.45) is 1.05. The summed E-state index contributed by atoms with van der Waals surface area (Å²) in [6, 6.07) is 6.37. The topological polar surface area (TPSA) is 9.23 Å². The summed E-state index contributed by atoms with van der Waals surface area (Å²) < 4.78 is 5.46. The van der Waals surface area contributed by atoms with Gasteiger partial charge in [0.2, 0.25) is 0 Å². The van der Waals surface area contributed by atoms with Crippen LogP contribution in [-0.2, 0) is 6.42 Å². The van der Waals surface area contributed by atoms with Gasteiger partial charge in [0.1, 0.15) is 5.75 Å². The van der Waals surface area contributed by atoms with Crippen molar-refractivity contribution in [1.82, 2.24) is 0 Å². The maximum absolute atomic E-state index is 5.46. The second kappa shape index (κ2) is 3.02. The third-order valence-electron chi connectivity index (χ3n) is 2.20. The summed E-state index contributed by atoms with van der Waals surface area (Å²) in [7, 11) is 0. The number of rotatable bonds is 1. The van der Waals surface area contributed by atoms with Crippen LogP contribution in [0.5, 0.6) is 5.75 Å². The summed E-state index contributed by atoms with van der Waals surface area (Å²) in [5.74, 6) is 1.05. The van der Waals surface area contributed by atoms with Gasteiger partial charge in [0.05, 0.1) is 6.61 Å². The molecule has 0 saturated heterocycles. The van der Waals surface area contributed by atoms with Gasteiger partial charge in [0, 0.05) is 11.7 Å². The van der Waals surface area contributed by atoms with Crippen LogP contribution in [0.15, 0.2) is 18.2 Å². The summed E-state index contributed by atoms with van der Waals surface area (Å²) >= 11 is 4.37. The Morgan fingerprint density at radius 3 is 3.08 bits per heavy atom. The third-order valence-corrected chi connectivity index (χ3v) is 2.50. The van der Waals surface area contributed by atoms with Crippen molar-refractivity contribution in [3.63, 3.8) is 0 Å². The summed E-state index contributed by atoms with van der Waals surface area (Å²) in [4.78, 5) is 0. The van der Waals surface area contributed by atoms with E-state index in [0.717, 1.165) is 18.8 Å². The highest BCUT2D eigenvalue weighted by Gasteiger charge is 2.12. The van der Waals surface area contributed by atoms with Gasteiger partial charge in [-0.1, -0.05) is 12.1 Å². The molecular weight excluding hydrogens is 168 g/mol. The predicted octanol–water partition coefficient (Wildman–Crippen LogP) is 2.61. The molecule has 0 radical (unpaired) electrons. The van der Waals surface area contributed by atoms with Crippen LogP contribution < -0.4 is 4.74 Å². The largest absolute Gasteiger partial charge is 0.493 e. The van der Waals surface area contributed by atoms with E-state index in [9.17, 15) is 0 Å². The average Bonchev–Trinajstić information content (AvgIpc) is 2.49. The Bertz CT molecular complexity index is 294. The molecule has 1 heterocycles. The quantitative estimate of drug-likeness (QED) is 0.654. The SMILES string of the molecule is CC(S)c1ccc2c(c1)OCC2. The monoisotopic (exact) mass is 180 g/mol. The Balaban J connectivity index is 2.39. The second-order valence-electron chi connectivity index (χ2n) is 3.14. The van der Waals surface area contributed by atoms with E-state index in [1.807, 2.05) is 0 Å². The molecule has 2 heteroatoms. The minimum atomic E-state index is 0.291. The molecule has 1 aliphatic heterocycles. The van der Waals surface area contributed by atoms with Gasteiger partial charge >= 0.3 is 0 Å². The average molecular weight is 180 g/mol. The van der Waals surface area contributed by atoms with E-state index in [1.54, 1.807) is 0 Å². The molecule has 0 fully saturated rings. The van der Waals surface area contributed by atoms with Gasteiger partial charge in [-0.15, -0.1) is 0 Å². The molecule has 64 valence electrons. The Morgan fingerprint density at radius 1 is 1.50 bits per heavy atom. The van der Waals surface area contributed by atoms with Crippen molar-refractivity contribution >= 4 is 12.6 Å². The number of fused-ring (bicyclic) bond motifs is 1. The Morgan fingerprint density at radius 2 is 2.33 bits per heavy atom. The maximum atomic E-state index is 5.46. The zero-order valence-electron chi connectivity index (χ0n) is 7.08. The van der Waals surface area contributed by atoms with Gasteiger partial charge in [0.15, 0.2) is 0 Å². The molecule has 1 aliphatic rings. The first-order chi connectivity index (χ1) is 5.77. The van der Waals surface area contributed by atoms with Gasteiger partial charge in [-0.05, 0) is 24.1 Å². The molecule has 1 unspecified atom stereocenters. The van der Waals surface area contributed by atoms with E-state index >= 15 is 0 Å². The molecule has 0 saturated carbocycles. The first kappa shape index (κ1) is 7.99. The lowest BCUT2D eigenvalue weighted by Gasteiger charge is -2.06. The Kier molecular flexibility index (Phi) is 2.01. The van der Waals surface area contributed by atoms with Crippen LogP contribution in [0, 0.1) is 0 Å². The highest BCUT2D eigenvalue weighted by atomic mass is 32.1. The van der Waals surface area contributed by atoms with Crippen molar-refractivity contribution in [2.45, 2.75) is 18.6 Å². The van der Waals surface area contributed by atoms with Gasteiger partial charge in [-0.2, -0.15) is 12.6 Å². The van der Waals surface area contributed by atoms with Gasteiger partial charge in [-0.3, -0.25) is 0 Å². The number of hydrogen-bond donors (Lipinski definition) is 1. The molecule has 0 aromatic heterocycles. The van der Waals surface area contributed by atoms with Crippen molar-refractivity contribution in [2.75, 3.05) is 6.61 Å². The minimum Gasteiger partial charge on any atom is -0.493 e. The summed E-state index contributed by atoms with van der Waals surface area (Å²) in [5.41, 5.74) is 2.56. The van der Waals surface area contributed by atoms with Crippen LogP contribution in [0.1, 0.15) is 23.3 Å². The summed E-state index contributed by atoms with van der Waals surface area (Å²) in [5, 5.41) is 0.291. The molecule has 1 aromatic carbocycles. The van der Waals surface area contributed by atoms with E-state index in [4.69, 9.17) is 4.74 Å². The zero-order valence-corrected chi connectivity index (χ0v) is 7.97. The minimum absolute atomic E-state index is 0.291. The fourth-order valence-electron chi connectivity index (χ4n) is 1.44. The van der Waals surface area contributed by atoms with Gasteiger partial charge in [0.25, 0.3) is 0 Å². The number of thiol groups is 1. The highest BCUT2D eigenvalue weighted by Crippen LogP contribution is 2.30. The maximum Gasteiger partial charge on any atom is 0.122 e. The van der Waals surface area contributed by atoms with E-state index in [2.05, 4.69) is 37.8 Å². The number of hydrogen-bond acceptors (Lipinski definition) is 2. The van der Waals surface area contributed by atoms with Crippen molar-refractivity contribution in [3.8, 4) is 5.75 Å². The second-order valence-corrected chi connectivity index (χ2v) is 3.92. The Hall–Kier alpha value is -0.630. The van der Waals surface area contributed by atoms with Crippen molar-refractivity contribution < 1.29 is 4.74 Å². The Labute approximate surface area is 78.2 Å². The molecular formula is C10H12OS. The molecule has 0 bridgehead atoms. The smallest absolute Gasteiger partial charge is 0.122 e. The van der Waals surface area contributed by atoms with Crippen LogP contribution in [0.3, 0.4) is 0 Å². The van der Waals surface area contributed by atoms with Crippen LogP contribution in [-0.4, -0.2) is 6.61 Å². The number of benzene rings is 1. The normalized spacial score (nSPS) is 16.8. The summed E-state index contributed by atoms with van der Waals surface area (Å²) in [6.45, 7) is 2.90. The molecule has 0 aliphatic carbocycles. The molecule has 1 aromatic rings. The highest BCUT2D eigenvalue weighted by molar-refractivity contribution is 7.80. The van der Waals surface area contributed by atoms with Gasteiger partial charge < -0.3 is 4.74 Å². The van der Waals surface area contributed by atoms with Gasteiger partial charge in [-0.25, -0.2) is 0 Å². The predicted molar refractivity (Wildman–Crippen MR) is 53.0 cm³/mol. The standard InChI is InChI=1S/C10H12OS/c1-7(12)9-3-2-8-4-5-11-10(8)6-9/h2-3,6-7,12H,4-5H2,1H3. The fourth-order valence-corrected chi connectivity index (χ4v) is 1.60. The fraction of sp³-hybridized carbons (Fsp3) is 0.400. The van der Waals surface area contributed by atoms with Crippen LogP contribution >= 0.6 is 12.6 Å². The van der Waals surface area contributed by atoms with E-state index in [1.165, 1.54) is 11.1 Å². The van der Waals surface area contributed by atoms with Crippen LogP contribution in [0.2, 0.25) is 0 Å². The third kappa shape index (κ3) is 1.31. The van der Waals surface area contributed by atoms with E-state index in [-0.39, 0.29) is 0 Å². The number of ether oxygens (including phenoxy) is 1. The van der Waals surface area contributed by atoms with Crippen molar-refractivity contribution in [2.24, 2.45) is 0 Å². The molecule has 0 amide bonds. The molecule has 1 atom stereocenters. The first-order valence-electron chi connectivity index (χ1n) is 4.21. The first-order valence-corrected chi connectivity index (χ1v) is 4.73. The lowest BCUT2D eigenvalue weighted by molar-refractivity contribution is 0.356. The lowest BCUT2D eigenvalue weighted by atomic mass is 10.1. The molecule has 2 rings (SSSR count). The zero-order chi connectivity index (χ0) is 8.55. The molecule has 1 nitrogen and oxygen atoms in total. The van der Waals surface area contributed by atoms with E-state index < -0.39 is 0 Å². The van der Waals surface area contributed by atoms with Crippen molar-refractivity contribution in [1.29, 1.82) is 0 Å². The van der Waals surface area contributed by atoms with Crippen LogP contribution in [0.4, 0.5) is 0 Å².